The van der Waals surface area contributed by atoms with E-state index in [0.29, 0.717) is 5.15 Å². The molecule has 5 heteroatoms. The van der Waals surface area contributed by atoms with Crippen LogP contribution in [0.1, 0.15) is 18.9 Å². The monoisotopic (exact) mass is 236 g/mol. The third-order valence-electron chi connectivity index (χ3n) is 2.24. The molecule has 0 aromatic carbocycles. The van der Waals surface area contributed by atoms with E-state index >= 15 is 0 Å². The quantitative estimate of drug-likeness (QED) is 0.830. The molecule has 0 aliphatic carbocycles. The van der Waals surface area contributed by atoms with Crippen LogP contribution in [0.4, 0.5) is 5.82 Å². The van der Waals surface area contributed by atoms with Crippen LogP contribution in [0.3, 0.4) is 0 Å². The van der Waals surface area contributed by atoms with Crippen molar-refractivity contribution in [1.82, 2.24) is 14.6 Å². The number of hydrogen-bond donors (Lipinski definition) is 1. The van der Waals surface area contributed by atoms with Crippen LogP contribution in [-0.4, -0.2) is 21.1 Å². The Labute approximate surface area is 98.9 Å². The summed E-state index contributed by atoms with van der Waals surface area (Å²) in [5, 5.41) is 7.96. The van der Waals surface area contributed by atoms with Crippen molar-refractivity contribution in [2.24, 2.45) is 0 Å². The number of fused-ring (bicyclic) bond motifs is 1. The summed E-state index contributed by atoms with van der Waals surface area (Å²) in [6, 6.07) is 1.77. The molecule has 4 nitrogen and oxygen atoms in total. The van der Waals surface area contributed by atoms with Crippen LogP contribution in [0.5, 0.6) is 0 Å². The molecule has 0 aliphatic rings. The lowest BCUT2D eigenvalue weighted by Gasteiger charge is -2.07. The van der Waals surface area contributed by atoms with Crippen LogP contribution < -0.4 is 5.32 Å². The molecular formula is C11H13ClN4. The number of nitrogens with zero attached hydrogens (tertiary/aromatic N) is 3. The Bertz CT molecular complexity index is 518. The highest BCUT2D eigenvalue weighted by Gasteiger charge is 2.08. The van der Waals surface area contributed by atoms with Crippen molar-refractivity contribution in [3.05, 3.63) is 29.6 Å². The Kier molecular flexibility index (Phi) is 3.10. The van der Waals surface area contributed by atoms with Crippen LogP contribution in [0, 0.1) is 0 Å². The molecule has 16 heavy (non-hydrogen) atoms. The number of hydrogen-bond acceptors (Lipinski definition) is 3. The maximum Gasteiger partial charge on any atom is 0.166 e. The zero-order valence-corrected chi connectivity index (χ0v) is 9.83. The summed E-state index contributed by atoms with van der Waals surface area (Å²) in [6.07, 6.45) is 4.48. The molecule has 1 N–H and O–H groups in total. The van der Waals surface area contributed by atoms with E-state index in [4.69, 9.17) is 11.6 Å². The van der Waals surface area contributed by atoms with E-state index in [1.165, 1.54) is 0 Å². The SMILES string of the molecule is C=Cc1cnn2c(NCCC)cc(Cl)nc12. The lowest BCUT2D eigenvalue weighted by Crippen LogP contribution is -2.06. The lowest BCUT2D eigenvalue weighted by atomic mass is 10.3. The summed E-state index contributed by atoms with van der Waals surface area (Å²) in [5.41, 5.74) is 1.60. The Balaban J connectivity index is 2.55. The molecule has 0 amide bonds. The van der Waals surface area contributed by atoms with Crippen LogP contribution in [0.25, 0.3) is 11.7 Å². The molecule has 0 saturated heterocycles. The molecule has 0 bridgehead atoms. The van der Waals surface area contributed by atoms with Crippen LogP contribution in [0.15, 0.2) is 18.8 Å². The standard InChI is InChI=1S/C11H13ClN4/c1-3-5-13-10-6-9(12)15-11-8(4-2)7-14-16(10)11/h4,6-7,13H,2-3,5H2,1H3. The summed E-state index contributed by atoms with van der Waals surface area (Å²) in [5.74, 6) is 0.852. The predicted octanol–water partition coefficient (Wildman–Crippen LogP) is 2.85. The summed E-state index contributed by atoms with van der Waals surface area (Å²) in [6.45, 7) is 6.69. The molecule has 0 aliphatic heterocycles. The summed E-state index contributed by atoms with van der Waals surface area (Å²) in [4.78, 5) is 4.23. The van der Waals surface area contributed by atoms with Gasteiger partial charge in [0.15, 0.2) is 5.65 Å². The minimum absolute atomic E-state index is 0.453. The van der Waals surface area contributed by atoms with E-state index in [-0.39, 0.29) is 0 Å². The molecule has 2 aromatic rings. The van der Waals surface area contributed by atoms with Crippen molar-refractivity contribution in [2.75, 3.05) is 11.9 Å². The molecular weight excluding hydrogens is 224 g/mol. The minimum Gasteiger partial charge on any atom is -0.370 e. The van der Waals surface area contributed by atoms with Gasteiger partial charge in [0.1, 0.15) is 11.0 Å². The van der Waals surface area contributed by atoms with Gasteiger partial charge in [0, 0.05) is 18.2 Å². The highest BCUT2D eigenvalue weighted by Crippen LogP contribution is 2.19. The topological polar surface area (TPSA) is 42.2 Å². The Morgan fingerprint density at radius 1 is 1.62 bits per heavy atom. The highest BCUT2D eigenvalue weighted by atomic mass is 35.5. The van der Waals surface area contributed by atoms with Crippen LogP contribution in [0.2, 0.25) is 5.15 Å². The van der Waals surface area contributed by atoms with Crippen molar-refractivity contribution >= 4 is 29.1 Å². The number of rotatable bonds is 4. The summed E-state index contributed by atoms with van der Waals surface area (Å²) in [7, 11) is 0. The zero-order valence-electron chi connectivity index (χ0n) is 9.07. The van der Waals surface area contributed by atoms with Crippen molar-refractivity contribution < 1.29 is 0 Å². The number of aromatic nitrogens is 3. The van der Waals surface area contributed by atoms with Gasteiger partial charge in [0.05, 0.1) is 6.20 Å². The van der Waals surface area contributed by atoms with Gasteiger partial charge in [-0.1, -0.05) is 31.2 Å². The van der Waals surface area contributed by atoms with Gasteiger partial charge in [0.2, 0.25) is 0 Å². The van der Waals surface area contributed by atoms with Crippen LogP contribution >= 0.6 is 11.6 Å². The van der Waals surface area contributed by atoms with Gasteiger partial charge in [-0.3, -0.25) is 0 Å². The number of halogens is 1. The maximum atomic E-state index is 5.96. The smallest absolute Gasteiger partial charge is 0.166 e. The fourth-order valence-electron chi connectivity index (χ4n) is 1.47. The van der Waals surface area contributed by atoms with Gasteiger partial charge in [0.25, 0.3) is 0 Å². The molecule has 0 spiro atoms. The fraction of sp³-hybridized carbons (Fsp3) is 0.273. The van der Waals surface area contributed by atoms with Crippen molar-refractivity contribution in [2.45, 2.75) is 13.3 Å². The molecule has 0 atom stereocenters. The molecule has 2 rings (SSSR count). The number of nitrogens with one attached hydrogen (secondary N) is 1. The lowest BCUT2D eigenvalue weighted by molar-refractivity contribution is 0.903. The van der Waals surface area contributed by atoms with Gasteiger partial charge in [-0.05, 0) is 6.42 Å². The molecule has 0 saturated carbocycles. The Hall–Kier alpha value is -1.55. The highest BCUT2D eigenvalue weighted by molar-refractivity contribution is 6.29. The summed E-state index contributed by atoms with van der Waals surface area (Å²) < 4.78 is 1.73. The van der Waals surface area contributed by atoms with Gasteiger partial charge in [-0.2, -0.15) is 9.61 Å². The van der Waals surface area contributed by atoms with Crippen molar-refractivity contribution in [1.29, 1.82) is 0 Å². The van der Waals surface area contributed by atoms with E-state index in [0.717, 1.165) is 30.0 Å². The third kappa shape index (κ3) is 1.88. The Morgan fingerprint density at radius 2 is 2.44 bits per heavy atom. The summed E-state index contributed by atoms with van der Waals surface area (Å²) >= 11 is 5.96. The van der Waals surface area contributed by atoms with E-state index in [2.05, 4.69) is 28.9 Å². The van der Waals surface area contributed by atoms with E-state index < -0.39 is 0 Å². The third-order valence-corrected chi connectivity index (χ3v) is 2.44. The molecule has 0 fully saturated rings. The fourth-order valence-corrected chi connectivity index (χ4v) is 1.66. The first-order chi connectivity index (χ1) is 7.76. The second-order valence-corrected chi connectivity index (χ2v) is 3.82. The van der Waals surface area contributed by atoms with Gasteiger partial charge in [-0.15, -0.1) is 0 Å². The van der Waals surface area contributed by atoms with E-state index in [9.17, 15) is 0 Å². The van der Waals surface area contributed by atoms with Gasteiger partial charge >= 0.3 is 0 Å². The molecule has 0 radical (unpaired) electrons. The predicted molar refractivity (Wildman–Crippen MR) is 66.9 cm³/mol. The zero-order chi connectivity index (χ0) is 11.5. The normalized spacial score (nSPS) is 10.6. The Morgan fingerprint density at radius 3 is 3.12 bits per heavy atom. The molecule has 84 valence electrons. The van der Waals surface area contributed by atoms with Gasteiger partial charge < -0.3 is 5.32 Å². The second kappa shape index (κ2) is 4.53. The van der Waals surface area contributed by atoms with Crippen molar-refractivity contribution in [3.8, 4) is 0 Å². The van der Waals surface area contributed by atoms with E-state index in [1.807, 2.05) is 0 Å². The number of anilines is 1. The second-order valence-electron chi connectivity index (χ2n) is 3.43. The van der Waals surface area contributed by atoms with Crippen molar-refractivity contribution in [3.63, 3.8) is 0 Å². The van der Waals surface area contributed by atoms with Gasteiger partial charge in [-0.25, -0.2) is 4.98 Å². The molecule has 0 unspecified atom stereocenters. The van der Waals surface area contributed by atoms with Crippen LogP contribution in [-0.2, 0) is 0 Å². The minimum atomic E-state index is 0.453. The average molecular weight is 237 g/mol. The maximum absolute atomic E-state index is 5.96. The first kappa shape index (κ1) is 11.0. The molecule has 2 aromatic heterocycles. The van der Waals surface area contributed by atoms with E-state index in [1.54, 1.807) is 22.9 Å². The average Bonchev–Trinajstić information content (AvgIpc) is 2.68. The molecule has 2 heterocycles. The first-order valence-corrected chi connectivity index (χ1v) is 5.54. The largest absolute Gasteiger partial charge is 0.370 e. The first-order valence-electron chi connectivity index (χ1n) is 5.17.